The van der Waals surface area contributed by atoms with Crippen molar-refractivity contribution in [3.8, 4) is 17.4 Å². The second-order valence-corrected chi connectivity index (χ2v) is 7.84. The summed E-state index contributed by atoms with van der Waals surface area (Å²) in [5, 5.41) is 17.8. The van der Waals surface area contributed by atoms with Crippen LogP contribution in [0.1, 0.15) is 31.9 Å². The molecule has 0 aliphatic carbocycles. The van der Waals surface area contributed by atoms with Crippen LogP contribution in [0.4, 0.5) is 4.39 Å². The Morgan fingerprint density at radius 2 is 1.83 bits per heavy atom. The summed E-state index contributed by atoms with van der Waals surface area (Å²) in [6.45, 7) is 5.96. The second kappa shape index (κ2) is 6.67. The largest absolute Gasteiger partial charge is 0.282 e. The minimum Gasteiger partial charge on any atom is -0.267 e. The molecule has 2 aromatic carbocycles. The maximum atomic E-state index is 14.8. The lowest BCUT2D eigenvalue weighted by molar-refractivity contribution is 0.576. The van der Waals surface area contributed by atoms with Crippen molar-refractivity contribution >= 4 is 10.8 Å². The zero-order valence-electron chi connectivity index (χ0n) is 16.2. The van der Waals surface area contributed by atoms with Crippen molar-refractivity contribution in [1.82, 2.24) is 19.6 Å². The summed E-state index contributed by atoms with van der Waals surface area (Å²) in [6, 6.07) is 12.2. The van der Waals surface area contributed by atoms with Crippen LogP contribution in [-0.4, -0.2) is 19.6 Å². The molecule has 0 aliphatic rings. The van der Waals surface area contributed by atoms with E-state index in [-0.39, 0.29) is 10.8 Å². The van der Waals surface area contributed by atoms with E-state index < -0.39 is 11.4 Å². The Morgan fingerprint density at radius 3 is 2.52 bits per heavy atom. The van der Waals surface area contributed by atoms with Crippen molar-refractivity contribution in [2.45, 2.75) is 26.2 Å². The topological polar surface area (TPSA) is 76.5 Å². The van der Waals surface area contributed by atoms with E-state index in [1.807, 2.05) is 26.8 Å². The quantitative estimate of drug-likeness (QED) is 0.523. The lowest BCUT2D eigenvalue weighted by Crippen LogP contribution is -2.22. The first kappa shape index (κ1) is 18.6. The second-order valence-electron chi connectivity index (χ2n) is 7.84. The average Bonchev–Trinajstić information content (AvgIpc) is 3.16. The Kier molecular flexibility index (Phi) is 4.27. The van der Waals surface area contributed by atoms with Gasteiger partial charge in [-0.05, 0) is 41.3 Å². The fraction of sp³-hybridized carbons (Fsp3) is 0.182. The number of halogens is 1. The molecule has 0 saturated carbocycles. The monoisotopic (exact) mass is 387 g/mol. The molecule has 4 rings (SSSR count). The molecule has 0 radical (unpaired) electrons. The van der Waals surface area contributed by atoms with Crippen LogP contribution in [0.2, 0.25) is 0 Å². The lowest BCUT2D eigenvalue weighted by atomic mass is 9.86. The highest BCUT2D eigenvalue weighted by Gasteiger charge is 2.19. The van der Waals surface area contributed by atoms with E-state index in [0.29, 0.717) is 22.3 Å². The standard InChI is InChI=1S/C22H18FN5O/c1-22(2,3)16-7-15-12-26-28(21(29)20(15)19(23)8-16)18-6-4-5-17(9-18)27-13-14(10-24)11-25-27/h4-9,11-13H,1-3H3. The number of fused-ring (bicyclic) bond motifs is 1. The number of hydrogen-bond donors (Lipinski definition) is 0. The van der Waals surface area contributed by atoms with Gasteiger partial charge in [0.2, 0.25) is 0 Å². The summed E-state index contributed by atoms with van der Waals surface area (Å²) < 4.78 is 17.5. The van der Waals surface area contributed by atoms with Crippen LogP contribution in [0.25, 0.3) is 22.1 Å². The Balaban J connectivity index is 1.86. The molecule has 0 unspecified atom stereocenters. The van der Waals surface area contributed by atoms with E-state index in [4.69, 9.17) is 5.26 Å². The molecular formula is C22H18FN5O. The smallest absolute Gasteiger partial charge is 0.267 e. The lowest BCUT2D eigenvalue weighted by Gasteiger charge is -2.19. The molecule has 0 bridgehead atoms. The van der Waals surface area contributed by atoms with Crippen molar-refractivity contribution in [1.29, 1.82) is 5.26 Å². The third-order valence-corrected chi connectivity index (χ3v) is 4.76. The minimum atomic E-state index is -0.560. The number of aromatic nitrogens is 4. The molecule has 0 spiro atoms. The van der Waals surface area contributed by atoms with Gasteiger partial charge in [0.1, 0.15) is 11.9 Å². The van der Waals surface area contributed by atoms with Crippen molar-refractivity contribution in [2.24, 2.45) is 0 Å². The number of nitrogens with zero attached hydrogens (tertiary/aromatic N) is 5. The first-order valence-electron chi connectivity index (χ1n) is 9.05. The number of rotatable bonds is 2. The summed E-state index contributed by atoms with van der Waals surface area (Å²) in [4.78, 5) is 13.0. The van der Waals surface area contributed by atoms with Crippen LogP contribution in [-0.2, 0) is 5.41 Å². The van der Waals surface area contributed by atoms with E-state index in [2.05, 4.69) is 10.2 Å². The third-order valence-electron chi connectivity index (χ3n) is 4.76. The highest BCUT2D eigenvalue weighted by molar-refractivity contribution is 5.82. The Morgan fingerprint density at radius 1 is 1.07 bits per heavy atom. The minimum absolute atomic E-state index is 0.00394. The summed E-state index contributed by atoms with van der Waals surface area (Å²) in [6.07, 6.45) is 4.54. The fourth-order valence-electron chi connectivity index (χ4n) is 3.14. The summed E-state index contributed by atoms with van der Waals surface area (Å²) in [5.74, 6) is -0.560. The van der Waals surface area contributed by atoms with Gasteiger partial charge in [-0.2, -0.15) is 20.1 Å². The Labute approximate surface area is 166 Å². The van der Waals surface area contributed by atoms with Crippen molar-refractivity contribution in [3.05, 3.63) is 82.3 Å². The van der Waals surface area contributed by atoms with Gasteiger partial charge < -0.3 is 0 Å². The highest BCUT2D eigenvalue weighted by atomic mass is 19.1. The molecule has 0 fully saturated rings. The van der Waals surface area contributed by atoms with Crippen LogP contribution < -0.4 is 5.56 Å². The molecule has 6 nitrogen and oxygen atoms in total. The maximum absolute atomic E-state index is 14.8. The molecule has 0 amide bonds. The van der Waals surface area contributed by atoms with Crippen molar-refractivity contribution < 1.29 is 4.39 Å². The predicted molar refractivity (Wildman–Crippen MR) is 108 cm³/mol. The molecule has 0 atom stereocenters. The molecule has 7 heteroatoms. The third kappa shape index (κ3) is 3.29. The molecule has 144 valence electrons. The normalized spacial score (nSPS) is 11.6. The summed E-state index contributed by atoms with van der Waals surface area (Å²) in [5.41, 5.74) is 1.58. The molecule has 0 aliphatic heterocycles. The van der Waals surface area contributed by atoms with Crippen molar-refractivity contribution in [3.63, 3.8) is 0 Å². The molecule has 0 saturated heterocycles. The molecule has 0 N–H and O–H groups in total. The molecule has 2 aromatic heterocycles. The van der Waals surface area contributed by atoms with Gasteiger partial charge in [0.25, 0.3) is 5.56 Å². The molecule has 2 heterocycles. The van der Waals surface area contributed by atoms with Gasteiger partial charge in [0.15, 0.2) is 0 Å². The van der Waals surface area contributed by atoms with E-state index >= 15 is 0 Å². The Hall–Kier alpha value is -3.79. The summed E-state index contributed by atoms with van der Waals surface area (Å²) in [7, 11) is 0. The van der Waals surface area contributed by atoms with E-state index in [1.165, 1.54) is 27.8 Å². The van der Waals surface area contributed by atoms with Gasteiger partial charge >= 0.3 is 0 Å². The van der Waals surface area contributed by atoms with Crippen LogP contribution in [0.3, 0.4) is 0 Å². The Bertz CT molecular complexity index is 1340. The van der Waals surface area contributed by atoms with E-state index in [1.54, 1.807) is 36.5 Å². The zero-order valence-corrected chi connectivity index (χ0v) is 16.2. The van der Waals surface area contributed by atoms with Gasteiger partial charge in [-0.15, -0.1) is 0 Å². The van der Waals surface area contributed by atoms with Gasteiger partial charge in [-0.1, -0.05) is 26.8 Å². The number of nitriles is 1. The van der Waals surface area contributed by atoms with Crippen molar-refractivity contribution in [2.75, 3.05) is 0 Å². The first-order chi connectivity index (χ1) is 13.8. The van der Waals surface area contributed by atoms with Gasteiger partial charge in [-0.25, -0.2) is 9.07 Å². The van der Waals surface area contributed by atoms with Gasteiger partial charge in [0, 0.05) is 11.6 Å². The van der Waals surface area contributed by atoms with Crippen LogP contribution in [0.15, 0.2) is 59.8 Å². The first-order valence-corrected chi connectivity index (χ1v) is 9.05. The van der Waals surface area contributed by atoms with Crippen LogP contribution in [0.5, 0.6) is 0 Å². The average molecular weight is 387 g/mol. The zero-order chi connectivity index (χ0) is 20.8. The highest BCUT2D eigenvalue weighted by Crippen LogP contribution is 2.27. The number of benzene rings is 2. The SMILES string of the molecule is CC(C)(C)c1cc(F)c2c(=O)n(-c3cccc(-n4cc(C#N)cn4)c3)ncc2c1. The van der Waals surface area contributed by atoms with E-state index in [0.717, 1.165) is 5.56 Å². The van der Waals surface area contributed by atoms with Gasteiger partial charge in [0.05, 0.1) is 34.7 Å². The summed E-state index contributed by atoms with van der Waals surface area (Å²) >= 11 is 0. The number of hydrogen-bond acceptors (Lipinski definition) is 4. The maximum Gasteiger partial charge on any atom is 0.282 e. The molecular weight excluding hydrogens is 369 g/mol. The molecule has 29 heavy (non-hydrogen) atoms. The fourth-order valence-corrected chi connectivity index (χ4v) is 3.14. The predicted octanol–water partition coefficient (Wildman–Crippen LogP) is 3.88. The molecule has 4 aromatic rings. The van der Waals surface area contributed by atoms with Gasteiger partial charge in [-0.3, -0.25) is 4.79 Å². The van der Waals surface area contributed by atoms with Crippen LogP contribution >= 0.6 is 0 Å². The van der Waals surface area contributed by atoms with E-state index in [9.17, 15) is 9.18 Å². The van der Waals surface area contributed by atoms with Crippen LogP contribution in [0, 0.1) is 17.1 Å².